The van der Waals surface area contributed by atoms with Crippen molar-refractivity contribution in [3.8, 4) is 44.5 Å². The first kappa shape index (κ1) is 37.4. The molecule has 304 valence electrons. The van der Waals surface area contributed by atoms with Crippen molar-refractivity contribution in [2.24, 2.45) is 0 Å². The molecule has 64 heavy (non-hydrogen) atoms. The molecule has 0 saturated carbocycles. The second-order valence-electron chi connectivity index (χ2n) is 16.7. The number of nitrogens with zero attached hydrogens (tertiary/aromatic N) is 4. The lowest BCUT2D eigenvalue weighted by Crippen LogP contribution is -2.20. The van der Waals surface area contributed by atoms with Crippen molar-refractivity contribution < 1.29 is 0 Å². The number of rotatable bonds is 8. The Kier molecular flexibility index (Phi) is 8.91. The highest BCUT2D eigenvalue weighted by molar-refractivity contribution is 6.23. The average molecular weight is 821 g/mol. The Labute approximate surface area is 374 Å². The van der Waals surface area contributed by atoms with E-state index in [4.69, 9.17) is 0 Å². The summed E-state index contributed by atoms with van der Waals surface area (Å²) in [5, 5.41) is 2.58. The Morgan fingerprint density at radius 2 is 0.547 bits per heavy atom. The molecule has 0 fully saturated rings. The molecule has 12 rings (SSSR count). The normalized spacial score (nSPS) is 12.2. The van der Waals surface area contributed by atoms with Gasteiger partial charge in [-0.3, -0.25) is 0 Å². The molecule has 10 aromatic carbocycles. The topological polar surface area (TPSA) is 13.0 Å². The van der Waals surface area contributed by atoms with E-state index in [0.29, 0.717) is 0 Å². The van der Waals surface area contributed by atoms with Gasteiger partial charge in [-0.15, -0.1) is 0 Å². The average Bonchev–Trinajstić information content (AvgIpc) is 3.37. The molecule has 0 atom stereocenters. The van der Waals surface area contributed by atoms with E-state index in [0.717, 1.165) is 34.1 Å². The van der Waals surface area contributed by atoms with Crippen molar-refractivity contribution in [1.29, 1.82) is 0 Å². The van der Waals surface area contributed by atoms with Crippen LogP contribution in [0.3, 0.4) is 0 Å². The van der Waals surface area contributed by atoms with Crippen LogP contribution in [0.15, 0.2) is 231 Å². The zero-order valence-corrected chi connectivity index (χ0v) is 35.7. The number of hydrogen-bond donors (Lipinski definition) is 0. The predicted molar refractivity (Wildman–Crippen MR) is 271 cm³/mol. The van der Waals surface area contributed by atoms with Crippen LogP contribution in [0.5, 0.6) is 0 Å². The molecular formula is C60H44N4. The summed E-state index contributed by atoms with van der Waals surface area (Å²) in [5.74, 6) is 0. The molecule has 10 aromatic rings. The van der Waals surface area contributed by atoms with E-state index in [1.165, 1.54) is 78.0 Å². The first-order valence-electron chi connectivity index (χ1n) is 22.0. The van der Waals surface area contributed by atoms with Crippen molar-refractivity contribution in [2.45, 2.75) is 0 Å². The molecule has 2 aliphatic heterocycles. The van der Waals surface area contributed by atoms with E-state index in [2.05, 4.69) is 264 Å². The smallest absolute Gasteiger partial charge is 0.0509 e. The standard InChI is InChI=1S/C60H44N4/c1-61-55-37-38-56-60-54(52-34-32-50(40-58(52)62(56)2)64(46-21-13-6-14-22-46)48-29-25-44(26-30-48)42-17-9-4-10-18-42)36-35-53(59(55)60)51-33-31-49(39-57(51)61)63(45-19-11-5-12-20-45)47-27-23-43(24-28-47)41-15-7-3-8-16-41/h3-40H,1-2H3. The van der Waals surface area contributed by atoms with Gasteiger partial charge >= 0.3 is 0 Å². The highest BCUT2D eigenvalue weighted by Gasteiger charge is 2.31. The van der Waals surface area contributed by atoms with Gasteiger partial charge in [0.1, 0.15) is 0 Å². The maximum Gasteiger partial charge on any atom is 0.0509 e. The zero-order valence-electron chi connectivity index (χ0n) is 35.7. The fraction of sp³-hybridized carbons (Fsp3) is 0.0333. The Bertz CT molecular complexity index is 3100. The van der Waals surface area contributed by atoms with Gasteiger partial charge in [-0.1, -0.05) is 146 Å². The van der Waals surface area contributed by atoms with Crippen molar-refractivity contribution in [2.75, 3.05) is 33.7 Å². The highest BCUT2D eigenvalue weighted by Crippen LogP contribution is 2.56. The summed E-state index contributed by atoms with van der Waals surface area (Å²) in [7, 11) is 4.43. The van der Waals surface area contributed by atoms with Crippen molar-refractivity contribution in [3.63, 3.8) is 0 Å². The third-order valence-electron chi connectivity index (χ3n) is 13.1. The second-order valence-corrected chi connectivity index (χ2v) is 16.7. The quantitative estimate of drug-likeness (QED) is 0.151. The Hall–Kier alpha value is -8.34. The Morgan fingerprint density at radius 1 is 0.250 bits per heavy atom. The van der Waals surface area contributed by atoms with Gasteiger partial charge in [-0.05, 0) is 118 Å². The molecule has 0 bridgehead atoms. The SMILES string of the molecule is CN1c2cc(N(c3ccccc3)c3ccc(-c4ccccc4)cc3)ccc2-c2ccc3c4c(ccc1c24)N(C)c1cc(N(c2ccccc2)c2ccc(-c4ccccc4)cc2)ccc1-3. The molecule has 2 heterocycles. The van der Waals surface area contributed by atoms with Crippen LogP contribution in [0.1, 0.15) is 0 Å². The second kappa shape index (κ2) is 15.2. The van der Waals surface area contributed by atoms with Crippen molar-refractivity contribution >= 4 is 67.6 Å². The van der Waals surface area contributed by atoms with E-state index in [9.17, 15) is 0 Å². The van der Waals surface area contributed by atoms with Crippen LogP contribution < -0.4 is 19.6 Å². The lowest BCUT2D eigenvalue weighted by molar-refractivity contribution is 1.18. The number of para-hydroxylation sites is 2. The van der Waals surface area contributed by atoms with Crippen LogP contribution in [-0.4, -0.2) is 14.1 Å². The van der Waals surface area contributed by atoms with Crippen LogP contribution in [0, 0.1) is 0 Å². The molecule has 0 aliphatic carbocycles. The van der Waals surface area contributed by atoms with Crippen LogP contribution in [-0.2, 0) is 0 Å². The lowest BCUT2D eigenvalue weighted by atomic mass is 9.84. The summed E-state index contributed by atoms with van der Waals surface area (Å²) in [6, 6.07) is 83.6. The first-order chi connectivity index (χ1) is 31.6. The summed E-state index contributed by atoms with van der Waals surface area (Å²) >= 11 is 0. The molecule has 2 aliphatic rings. The molecule has 0 unspecified atom stereocenters. The van der Waals surface area contributed by atoms with Gasteiger partial charge in [0.2, 0.25) is 0 Å². The molecule has 4 nitrogen and oxygen atoms in total. The fourth-order valence-electron chi connectivity index (χ4n) is 9.97. The zero-order chi connectivity index (χ0) is 42.7. The highest BCUT2D eigenvalue weighted by atomic mass is 15.2. The number of fused-ring (bicyclic) bond motifs is 4. The van der Waals surface area contributed by atoms with Gasteiger partial charge in [0.15, 0.2) is 0 Å². The lowest BCUT2D eigenvalue weighted by Gasteiger charge is -2.37. The van der Waals surface area contributed by atoms with Gasteiger partial charge in [0.25, 0.3) is 0 Å². The van der Waals surface area contributed by atoms with E-state index in [1.807, 2.05) is 0 Å². The van der Waals surface area contributed by atoms with Crippen LogP contribution in [0.25, 0.3) is 55.3 Å². The molecule has 0 spiro atoms. The monoisotopic (exact) mass is 820 g/mol. The number of benzene rings is 10. The molecule has 0 saturated heterocycles. The van der Waals surface area contributed by atoms with Gasteiger partial charge in [0.05, 0.1) is 11.4 Å². The number of hydrogen-bond acceptors (Lipinski definition) is 4. The summed E-state index contributed by atoms with van der Waals surface area (Å²) in [6.45, 7) is 0. The third kappa shape index (κ3) is 6.14. The van der Waals surface area contributed by atoms with Crippen molar-refractivity contribution in [3.05, 3.63) is 231 Å². The minimum atomic E-state index is 1.11. The summed E-state index contributed by atoms with van der Waals surface area (Å²) in [6.07, 6.45) is 0. The van der Waals surface area contributed by atoms with Gasteiger partial charge in [-0.25, -0.2) is 0 Å². The molecule has 0 N–H and O–H groups in total. The van der Waals surface area contributed by atoms with Crippen LogP contribution >= 0.6 is 0 Å². The summed E-state index contributed by atoms with van der Waals surface area (Å²) < 4.78 is 0. The minimum Gasteiger partial charge on any atom is -0.344 e. The van der Waals surface area contributed by atoms with Gasteiger partial charge < -0.3 is 19.6 Å². The molecule has 0 aromatic heterocycles. The van der Waals surface area contributed by atoms with E-state index < -0.39 is 0 Å². The predicted octanol–water partition coefficient (Wildman–Crippen LogP) is 16.6. The van der Waals surface area contributed by atoms with Gasteiger partial charge in [0, 0.05) is 81.5 Å². The van der Waals surface area contributed by atoms with Crippen LogP contribution in [0.2, 0.25) is 0 Å². The number of anilines is 10. The van der Waals surface area contributed by atoms with Gasteiger partial charge in [-0.2, -0.15) is 0 Å². The fourth-order valence-corrected chi connectivity index (χ4v) is 9.97. The summed E-state index contributed by atoms with van der Waals surface area (Å²) in [4.78, 5) is 9.49. The van der Waals surface area contributed by atoms with Crippen LogP contribution in [0.4, 0.5) is 56.9 Å². The van der Waals surface area contributed by atoms with E-state index in [1.54, 1.807) is 0 Å². The minimum absolute atomic E-state index is 1.11. The molecule has 0 radical (unpaired) electrons. The first-order valence-corrected chi connectivity index (χ1v) is 22.0. The largest absolute Gasteiger partial charge is 0.344 e. The molecule has 0 amide bonds. The summed E-state index contributed by atoms with van der Waals surface area (Å²) in [5.41, 5.74) is 21.3. The maximum atomic E-state index is 2.38. The van der Waals surface area contributed by atoms with E-state index >= 15 is 0 Å². The van der Waals surface area contributed by atoms with E-state index in [-0.39, 0.29) is 0 Å². The Morgan fingerprint density at radius 3 is 0.922 bits per heavy atom. The Balaban J connectivity index is 0.936. The van der Waals surface area contributed by atoms with Crippen molar-refractivity contribution in [1.82, 2.24) is 0 Å². The molecular weight excluding hydrogens is 777 g/mol. The maximum absolute atomic E-state index is 2.38. The third-order valence-corrected chi connectivity index (χ3v) is 13.1. The molecule has 4 heteroatoms.